The average Bonchev–Trinajstić information content (AvgIpc) is 2.43. The summed E-state index contributed by atoms with van der Waals surface area (Å²) in [6.07, 6.45) is 0. The average molecular weight is 311 g/mol. The summed E-state index contributed by atoms with van der Waals surface area (Å²) >= 11 is 1.64. The molecule has 1 atom stereocenters. The van der Waals surface area contributed by atoms with Gasteiger partial charge >= 0.3 is 0 Å². The van der Waals surface area contributed by atoms with Crippen molar-refractivity contribution in [2.24, 2.45) is 0 Å². The fourth-order valence-electron chi connectivity index (χ4n) is 1.77. The number of carbonyl (C=O) groups is 1. The highest BCUT2D eigenvalue weighted by Crippen LogP contribution is 2.30. The zero-order valence-corrected chi connectivity index (χ0v) is 14.5. The Labute approximate surface area is 131 Å². The minimum Gasteiger partial charge on any atom is -0.493 e. The predicted octanol–water partition coefficient (Wildman–Crippen LogP) is 3.41. The summed E-state index contributed by atoms with van der Waals surface area (Å²) < 4.78 is 10.6. The number of hydrogen-bond donors (Lipinski definition) is 1. The van der Waals surface area contributed by atoms with Crippen molar-refractivity contribution in [2.75, 3.05) is 20.0 Å². The standard InChI is InChI=1S/C16H25NO3S/c1-11(17-15(18)10-21-16(2,3)4)12-7-8-13(19-5)14(9-12)20-6/h7-9,11H,10H2,1-6H3,(H,17,18). The Kier molecular flexibility index (Phi) is 6.40. The molecule has 4 nitrogen and oxygen atoms in total. The van der Waals surface area contributed by atoms with E-state index in [0.29, 0.717) is 17.3 Å². The molecule has 1 rings (SSSR count). The lowest BCUT2D eigenvalue weighted by Crippen LogP contribution is -2.29. The molecule has 1 amide bonds. The number of hydrogen-bond acceptors (Lipinski definition) is 4. The van der Waals surface area contributed by atoms with E-state index in [-0.39, 0.29) is 16.7 Å². The van der Waals surface area contributed by atoms with Gasteiger partial charge in [0.2, 0.25) is 5.91 Å². The molecule has 0 radical (unpaired) electrons. The first-order valence-electron chi connectivity index (χ1n) is 6.92. The van der Waals surface area contributed by atoms with Gasteiger partial charge in [-0.25, -0.2) is 0 Å². The van der Waals surface area contributed by atoms with E-state index in [1.807, 2.05) is 25.1 Å². The summed E-state index contributed by atoms with van der Waals surface area (Å²) in [5, 5.41) is 3.00. The van der Waals surface area contributed by atoms with E-state index >= 15 is 0 Å². The molecular weight excluding hydrogens is 286 g/mol. The van der Waals surface area contributed by atoms with Crippen LogP contribution >= 0.6 is 11.8 Å². The third kappa shape index (κ3) is 5.87. The SMILES string of the molecule is COc1ccc(C(C)NC(=O)CSC(C)(C)C)cc1OC. The number of rotatable bonds is 6. The third-order valence-corrected chi connectivity index (χ3v) is 4.19. The normalized spacial score (nSPS) is 12.7. The molecule has 0 heterocycles. The molecule has 118 valence electrons. The molecule has 0 saturated heterocycles. The van der Waals surface area contributed by atoms with Crippen LogP contribution in [-0.4, -0.2) is 30.6 Å². The van der Waals surface area contributed by atoms with Crippen molar-refractivity contribution in [1.29, 1.82) is 0 Å². The molecule has 0 aromatic heterocycles. The molecule has 0 aliphatic carbocycles. The largest absolute Gasteiger partial charge is 0.493 e. The Morgan fingerprint density at radius 1 is 1.24 bits per heavy atom. The molecular formula is C16H25NO3S. The van der Waals surface area contributed by atoms with Crippen LogP contribution in [0.25, 0.3) is 0 Å². The van der Waals surface area contributed by atoms with Crippen molar-refractivity contribution in [3.8, 4) is 11.5 Å². The van der Waals surface area contributed by atoms with Crippen LogP contribution in [-0.2, 0) is 4.79 Å². The summed E-state index contributed by atoms with van der Waals surface area (Å²) in [5.41, 5.74) is 0.988. The summed E-state index contributed by atoms with van der Waals surface area (Å²) in [6.45, 7) is 8.26. The van der Waals surface area contributed by atoms with Crippen LogP contribution in [0.4, 0.5) is 0 Å². The molecule has 0 spiro atoms. The number of methoxy groups -OCH3 is 2. The number of ether oxygens (including phenoxy) is 2. The Bertz CT molecular complexity index is 483. The van der Waals surface area contributed by atoms with Crippen LogP contribution < -0.4 is 14.8 Å². The highest BCUT2D eigenvalue weighted by Gasteiger charge is 2.16. The van der Waals surface area contributed by atoms with Crippen molar-refractivity contribution in [3.05, 3.63) is 23.8 Å². The van der Waals surface area contributed by atoms with Gasteiger partial charge in [-0.3, -0.25) is 4.79 Å². The molecule has 0 bridgehead atoms. The molecule has 0 aliphatic heterocycles. The van der Waals surface area contributed by atoms with Crippen molar-refractivity contribution in [2.45, 2.75) is 38.5 Å². The van der Waals surface area contributed by atoms with Crippen LogP contribution in [0.1, 0.15) is 39.3 Å². The Hall–Kier alpha value is -1.36. The second-order valence-electron chi connectivity index (χ2n) is 5.80. The Morgan fingerprint density at radius 2 is 1.86 bits per heavy atom. The molecule has 1 aromatic rings. The second kappa shape index (κ2) is 7.59. The fourth-order valence-corrected chi connectivity index (χ4v) is 2.42. The van der Waals surface area contributed by atoms with Crippen LogP contribution in [0.5, 0.6) is 11.5 Å². The van der Waals surface area contributed by atoms with Crippen LogP contribution in [0, 0.1) is 0 Å². The van der Waals surface area contributed by atoms with Gasteiger partial charge in [0.25, 0.3) is 0 Å². The first-order valence-corrected chi connectivity index (χ1v) is 7.90. The summed E-state index contributed by atoms with van der Waals surface area (Å²) in [4.78, 5) is 12.0. The number of benzene rings is 1. The van der Waals surface area contributed by atoms with Crippen molar-refractivity contribution >= 4 is 17.7 Å². The van der Waals surface area contributed by atoms with Crippen molar-refractivity contribution in [1.82, 2.24) is 5.32 Å². The predicted molar refractivity (Wildman–Crippen MR) is 88.3 cm³/mol. The van der Waals surface area contributed by atoms with E-state index in [2.05, 4.69) is 26.1 Å². The second-order valence-corrected chi connectivity index (χ2v) is 7.61. The van der Waals surface area contributed by atoms with Gasteiger partial charge in [-0.1, -0.05) is 26.8 Å². The third-order valence-electron chi connectivity index (χ3n) is 2.92. The quantitative estimate of drug-likeness (QED) is 0.874. The van der Waals surface area contributed by atoms with Gasteiger partial charge in [-0.05, 0) is 24.6 Å². The molecule has 5 heteroatoms. The summed E-state index contributed by atoms with van der Waals surface area (Å²) in [6, 6.07) is 5.60. The molecule has 21 heavy (non-hydrogen) atoms. The maximum absolute atomic E-state index is 12.0. The molecule has 0 aliphatic rings. The van der Waals surface area contributed by atoms with E-state index in [0.717, 1.165) is 5.56 Å². The number of nitrogens with one attached hydrogen (secondary N) is 1. The smallest absolute Gasteiger partial charge is 0.230 e. The van der Waals surface area contributed by atoms with Gasteiger partial charge in [0.15, 0.2) is 11.5 Å². The van der Waals surface area contributed by atoms with Crippen LogP contribution in [0.2, 0.25) is 0 Å². The molecule has 0 fully saturated rings. The zero-order valence-electron chi connectivity index (χ0n) is 13.6. The minimum atomic E-state index is -0.0714. The molecule has 0 saturated carbocycles. The fraction of sp³-hybridized carbons (Fsp3) is 0.562. The van der Waals surface area contributed by atoms with Gasteiger partial charge in [0.05, 0.1) is 26.0 Å². The molecule has 1 unspecified atom stereocenters. The topological polar surface area (TPSA) is 47.6 Å². The first-order chi connectivity index (χ1) is 9.76. The minimum absolute atomic E-state index is 0.0391. The summed E-state index contributed by atoms with van der Waals surface area (Å²) in [5.74, 6) is 1.85. The van der Waals surface area contributed by atoms with E-state index < -0.39 is 0 Å². The van der Waals surface area contributed by atoms with Crippen molar-refractivity contribution in [3.63, 3.8) is 0 Å². The highest BCUT2D eigenvalue weighted by atomic mass is 32.2. The highest BCUT2D eigenvalue weighted by molar-refractivity contribution is 8.01. The summed E-state index contributed by atoms with van der Waals surface area (Å²) in [7, 11) is 3.21. The van der Waals surface area contributed by atoms with Crippen LogP contribution in [0.3, 0.4) is 0 Å². The lowest BCUT2D eigenvalue weighted by molar-refractivity contribution is -0.119. The number of amides is 1. The number of thioether (sulfide) groups is 1. The molecule has 1 aromatic carbocycles. The van der Waals surface area contributed by atoms with Crippen LogP contribution in [0.15, 0.2) is 18.2 Å². The zero-order chi connectivity index (χ0) is 16.0. The van der Waals surface area contributed by atoms with Gasteiger partial charge in [-0.15, -0.1) is 11.8 Å². The first kappa shape index (κ1) is 17.7. The Morgan fingerprint density at radius 3 is 2.38 bits per heavy atom. The molecule has 1 N–H and O–H groups in total. The maximum atomic E-state index is 12.0. The van der Waals surface area contributed by atoms with Gasteiger partial charge in [-0.2, -0.15) is 0 Å². The van der Waals surface area contributed by atoms with Gasteiger partial charge < -0.3 is 14.8 Å². The Balaban J connectivity index is 2.67. The lowest BCUT2D eigenvalue weighted by atomic mass is 10.1. The van der Waals surface area contributed by atoms with E-state index in [4.69, 9.17) is 9.47 Å². The lowest BCUT2D eigenvalue weighted by Gasteiger charge is -2.19. The number of carbonyl (C=O) groups excluding carboxylic acids is 1. The monoisotopic (exact) mass is 311 g/mol. The van der Waals surface area contributed by atoms with Gasteiger partial charge in [0, 0.05) is 4.75 Å². The van der Waals surface area contributed by atoms with E-state index in [1.165, 1.54) is 0 Å². The van der Waals surface area contributed by atoms with E-state index in [9.17, 15) is 4.79 Å². The maximum Gasteiger partial charge on any atom is 0.230 e. The van der Waals surface area contributed by atoms with E-state index in [1.54, 1.807) is 26.0 Å². The van der Waals surface area contributed by atoms with Gasteiger partial charge in [0.1, 0.15) is 0 Å². The van der Waals surface area contributed by atoms with Crippen molar-refractivity contribution < 1.29 is 14.3 Å².